The maximum Gasteiger partial charge on any atom is 0.246 e. The highest BCUT2D eigenvalue weighted by Gasteiger charge is 2.54. The Morgan fingerprint density at radius 1 is 1.33 bits per heavy atom. The molecule has 2 fully saturated rings. The average molecular weight is 294 g/mol. The molecule has 2 amide bonds. The highest BCUT2D eigenvalue weighted by Crippen LogP contribution is 2.44. The van der Waals surface area contributed by atoms with Gasteiger partial charge in [0, 0.05) is 18.2 Å². The molecule has 1 saturated heterocycles. The Bertz CT molecular complexity index is 616. The summed E-state index contributed by atoms with van der Waals surface area (Å²) in [6.45, 7) is 1.62. The van der Waals surface area contributed by atoms with Crippen LogP contribution in [0.5, 0.6) is 0 Å². The predicted octanol–water partition coefficient (Wildman–Crippen LogP) is 1.59. The summed E-state index contributed by atoms with van der Waals surface area (Å²) in [5.74, 6) is -1.71. The third-order valence-corrected chi connectivity index (χ3v) is 4.44. The summed E-state index contributed by atoms with van der Waals surface area (Å²) < 4.78 is 26.8. The molecule has 1 aromatic carbocycles. The van der Waals surface area contributed by atoms with Gasteiger partial charge < -0.3 is 10.2 Å². The van der Waals surface area contributed by atoms with Crippen molar-refractivity contribution in [2.45, 2.75) is 31.8 Å². The maximum atomic E-state index is 13.8. The first-order valence-electron chi connectivity index (χ1n) is 6.95. The van der Waals surface area contributed by atoms with Crippen LogP contribution < -0.4 is 5.32 Å². The molecule has 0 spiro atoms. The Morgan fingerprint density at radius 3 is 2.67 bits per heavy atom. The second-order valence-electron chi connectivity index (χ2n) is 5.82. The van der Waals surface area contributed by atoms with Crippen LogP contribution in [0.2, 0.25) is 0 Å². The second kappa shape index (κ2) is 4.79. The summed E-state index contributed by atoms with van der Waals surface area (Å²) in [6.07, 6.45) is 1.75. The Balaban J connectivity index is 1.93. The number of rotatable bonds is 3. The molecule has 1 unspecified atom stereocenters. The van der Waals surface area contributed by atoms with Gasteiger partial charge in [-0.15, -0.1) is 0 Å². The molecule has 1 aliphatic heterocycles. The number of carbonyl (C=O) groups excluding carboxylic acids is 2. The van der Waals surface area contributed by atoms with Crippen molar-refractivity contribution >= 4 is 11.8 Å². The zero-order valence-electron chi connectivity index (χ0n) is 11.7. The quantitative estimate of drug-likeness (QED) is 0.920. The molecule has 4 nitrogen and oxygen atoms in total. The van der Waals surface area contributed by atoms with E-state index in [9.17, 15) is 18.4 Å². The lowest BCUT2D eigenvalue weighted by Gasteiger charge is -2.44. The van der Waals surface area contributed by atoms with Crippen LogP contribution in [0.4, 0.5) is 8.78 Å². The fourth-order valence-corrected chi connectivity index (χ4v) is 2.94. The molecule has 1 N–H and O–H groups in total. The van der Waals surface area contributed by atoms with E-state index < -0.39 is 17.2 Å². The summed E-state index contributed by atoms with van der Waals surface area (Å²) >= 11 is 0. The van der Waals surface area contributed by atoms with Crippen LogP contribution in [-0.4, -0.2) is 28.8 Å². The van der Waals surface area contributed by atoms with E-state index in [1.165, 1.54) is 11.0 Å². The van der Waals surface area contributed by atoms with Crippen molar-refractivity contribution in [2.75, 3.05) is 6.54 Å². The zero-order valence-corrected chi connectivity index (χ0v) is 11.7. The smallest absolute Gasteiger partial charge is 0.246 e. The van der Waals surface area contributed by atoms with E-state index in [-0.39, 0.29) is 36.4 Å². The average Bonchev–Trinajstić information content (AvgIpc) is 3.26. The number of carbonyl (C=O) groups is 2. The minimum Gasteiger partial charge on any atom is -0.345 e. The minimum absolute atomic E-state index is 0.0225. The highest BCUT2D eigenvalue weighted by atomic mass is 19.1. The fraction of sp³-hybridized carbons (Fsp3) is 0.467. The van der Waals surface area contributed by atoms with Gasteiger partial charge in [-0.05, 0) is 31.7 Å². The van der Waals surface area contributed by atoms with Crippen molar-refractivity contribution in [3.63, 3.8) is 0 Å². The standard InChI is InChI=1S/C15H16F2N2O2/c1-15(10-3-4-10)14(21)18-7-13(20)19(15)8-9-2-5-11(16)6-12(9)17/h2,5-6,10H,3-4,7-8H2,1H3,(H,18,21). The molecule has 0 radical (unpaired) electrons. The lowest BCUT2D eigenvalue weighted by Crippen LogP contribution is -2.66. The number of hydrogen-bond acceptors (Lipinski definition) is 2. The molecule has 0 bridgehead atoms. The Labute approximate surface area is 121 Å². The predicted molar refractivity (Wildman–Crippen MR) is 71.0 cm³/mol. The van der Waals surface area contributed by atoms with E-state index in [1.54, 1.807) is 6.92 Å². The molecule has 112 valence electrons. The lowest BCUT2D eigenvalue weighted by molar-refractivity contribution is -0.155. The summed E-state index contributed by atoms with van der Waals surface area (Å²) in [4.78, 5) is 25.8. The van der Waals surface area contributed by atoms with Gasteiger partial charge in [0.1, 0.15) is 17.2 Å². The molecular weight excluding hydrogens is 278 g/mol. The van der Waals surface area contributed by atoms with Crippen LogP contribution in [-0.2, 0) is 16.1 Å². The summed E-state index contributed by atoms with van der Waals surface area (Å²) in [6, 6.07) is 3.26. The van der Waals surface area contributed by atoms with Gasteiger partial charge in [-0.1, -0.05) is 6.07 Å². The first kappa shape index (κ1) is 14.0. The van der Waals surface area contributed by atoms with Gasteiger partial charge in [0.25, 0.3) is 0 Å². The van der Waals surface area contributed by atoms with Gasteiger partial charge in [0.2, 0.25) is 11.8 Å². The molecule has 3 rings (SSSR count). The first-order valence-corrected chi connectivity index (χ1v) is 6.95. The molecule has 6 heteroatoms. The van der Waals surface area contributed by atoms with E-state index in [4.69, 9.17) is 0 Å². The van der Waals surface area contributed by atoms with Crippen molar-refractivity contribution in [2.24, 2.45) is 5.92 Å². The topological polar surface area (TPSA) is 49.4 Å². The molecule has 2 aliphatic rings. The normalized spacial score (nSPS) is 26.0. The Kier molecular flexibility index (Phi) is 3.19. The monoisotopic (exact) mass is 294 g/mol. The lowest BCUT2D eigenvalue weighted by atomic mass is 9.89. The third kappa shape index (κ3) is 2.28. The van der Waals surface area contributed by atoms with Gasteiger partial charge in [-0.25, -0.2) is 8.78 Å². The molecule has 21 heavy (non-hydrogen) atoms. The number of nitrogens with zero attached hydrogens (tertiary/aromatic N) is 1. The summed E-state index contributed by atoms with van der Waals surface area (Å²) in [7, 11) is 0. The summed E-state index contributed by atoms with van der Waals surface area (Å²) in [5.41, 5.74) is -0.734. The van der Waals surface area contributed by atoms with Crippen molar-refractivity contribution < 1.29 is 18.4 Å². The van der Waals surface area contributed by atoms with Crippen LogP contribution in [0, 0.1) is 17.6 Å². The number of halogens is 2. The van der Waals surface area contributed by atoms with Crippen LogP contribution in [0.25, 0.3) is 0 Å². The number of hydrogen-bond donors (Lipinski definition) is 1. The van der Waals surface area contributed by atoms with Gasteiger partial charge in [0.15, 0.2) is 0 Å². The fourth-order valence-electron chi connectivity index (χ4n) is 2.94. The Morgan fingerprint density at radius 2 is 2.05 bits per heavy atom. The third-order valence-electron chi connectivity index (χ3n) is 4.44. The number of piperazine rings is 1. The van der Waals surface area contributed by atoms with Crippen LogP contribution >= 0.6 is 0 Å². The Hall–Kier alpha value is -1.98. The van der Waals surface area contributed by atoms with E-state index in [1.807, 2.05) is 0 Å². The van der Waals surface area contributed by atoms with Crippen molar-refractivity contribution in [3.05, 3.63) is 35.4 Å². The SMILES string of the molecule is CC1(C2CC2)C(=O)NCC(=O)N1Cc1ccc(F)cc1F. The number of nitrogens with one attached hydrogen (secondary N) is 1. The van der Waals surface area contributed by atoms with Crippen LogP contribution in [0.1, 0.15) is 25.3 Å². The molecule has 0 aromatic heterocycles. The maximum absolute atomic E-state index is 13.8. The van der Waals surface area contributed by atoms with E-state index in [2.05, 4.69) is 5.32 Å². The molecule has 1 aliphatic carbocycles. The van der Waals surface area contributed by atoms with Crippen molar-refractivity contribution in [1.82, 2.24) is 10.2 Å². The minimum atomic E-state index is -0.948. The van der Waals surface area contributed by atoms with E-state index >= 15 is 0 Å². The van der Waals surface area contributed by atoms with Gasteiger partial charge in [-0.2, -0.15) is 0 Å². The van der Waals surface area contributed by atoms with Crippen LogP contribution in [0.15, 0.2) is 18.2 Å². The van der Waals surface area contributed by atoms with E-state index in [0.717, 1.165) is 25.0 Å². The van der Waals surface area contributed by atoms with Crippen molar-refractivity contribution in [3.8, 4) is 0 Å². The largest absolute Gasteiger partial charge is 0.345 e. The highest BCUT2D eigenvalue weighted by molar-refractivity contribution is 5.98. The van der Waals surface area contributed by atoms with Gasteiger partial charge >= 0.3 is 0 Å². The van der Waals surface area contributed by atoms with Gasteiger partial charge in [-0.3, -0.25) is 9.59 Å². The van der Waals surface area contributed by atoms with E-state index in [0.29, 0.717) is 0 Å². The van der Waals surface area contributed by atoms with Gasteiger partial charge in [0.05, 0.1) is 6.54 Å². The first-order chi connectivity index (χ1) is 9.92. The zero-order chi connectivity index (χ0) is 15.2. The summed E-state index contributed by atoms with van der Waals surface area (Å²) in [5, 5.41) is 2.60. The molecule has 1 aromatic rings. The molecule has 1 atom stereocenters. The van der Waals surface area contributed by atoms with Crippen molar-refractivity contribution in [1.29, 1.82) is 0 Å². The second-order valence-corrected chi connectivity index (χ2v) is 5.82. The van der Waals surface area contributed by atoms with Crippen LogP contribution in [0.3, 0.4) is 0 Å². The molecular formula is C15H16F2N2O2. The number of benzene rings is 1. The number of amides is 2. The molecule has 1 saturated carbocycles. The molecule has 1 heterocycles.